The molecular formula is C31H37N3O6S. The second-order valence-electron chi connectivity index (χ2n) is 10.1. The third kappa shape index (κ3) is 8.91. The first kappa shape index (κ1) is 31.3. The standard InChI is InChI=1S/C31H37N3O6S/c1-22(2)32-31(37)29(18-24-11-7-6-8-12-24)33(20-25-13-9-16-28(17-25)40-4)30(36)21-34(41(5,38)39)27-15-10-14-26(19-27)23(3)35/h6-17,19,22,29H,18,20-21H2,1-5H3,(H,32,37)/t29-/m0/s1. The van der Waals surface area contributed by atoms with E-state index in [1.807, 2.05) is 50.2 Å². The average molecular weight is 580 g/mol. The molecule has 0 aliphatic carbocycles. The van der Waals surface area contributed by atoms with E-state index in [1.165, 1.54) is 31.1 Å². The third-order valence-electron chi connectivity index (χ3n) is 6.41. The highest BCUT2D eigenvalue weighted by molar-refractivity contribution is 7.92. The van der Waals surface area contributed by atoms with E-state index in [2.05, 4.69) is 5.32 Å². The van der Waals surface area contributed by atoms with Crippen molar-refractivity contribution in [1.29, 1.82) is 0 Å². The summed E-state index contributed by atoms with van der Waals surface area (Å²) < 4.78 is 32.2. The molecule has 3 aromatic carbocycles. The van der Waals surface area contributed by atoms with Crippen LogP contribution in [-0.2, 0) is 32.6 Å². The van der Waals surface area contributed by atoms with E-state index in [0.717, 1.165) is 16.1 Å². The lowest BCUT2D eigenvalue weighted by molar-refractivity contribution is -0.140. The second kappa shape index (κ2) is 13.9. The highest BCUT2D eigenvalue weighted by Crippen LogP contribution is 2.23. The lowest BCUT2D eigenvalue weighted by Gasteiger charge is -2.34. The summed E-state index contributed by atoms with van der Waals surface area (Å²) >= 11 is 0. The molecule has 1 N–H and O–H groups in total. The number of benzene rings is 3. The lowest BCUT2D eigenvalue weighted by atomic mass is 10.0. The number of nitrogens with one attached hydrogen (secondary N) is 1. The molecule has 0 saturated heterocycles. The minimum atomic E-state index is -3.94. The van der Waals surface area contributed by atoms with Gasteiger partial charge < -0.3 is 15.0 Å². The lowest BCUT2D eigenvalue weighted by Crippen LogP contribution is -2.54. The fourth-order valence-corrected chi connectivity index (χ4v) is 5.24. The van der Waals surface area contributed by atoms with E-state index in [0.29, 0.717) is 16.9 Å². The Labute approximate surface area is 242 Å². The number of sulfonamides is 1. The predicted octanol–water partition coefficient (Wildman–Crippen LogP) is 3.83. The van der Waals surface area contributed by atoms with Gasteiger partial charge in [-0.05, 0) is 56.2 Å². The highest BCUT2D eigenvalue weighted by atomic mass is 32.2. The topological polar surface area (TPSA) is 113 Å². The number of carbonyl (C=O) groups is 3. The van der Waals surface area contributed by atoms with Gasteiger partial charge in [0.1, 0.15) is 18.3 Å². The number of rotatable bonds is 13. The SMILES string of the molecule is COc1cccc(CN(C(=O)CN(c2cccc(C(C)=O)c2)S(C)(=O)=O)[C@@H](Cc2ccccc2)C(=O)NC(C)C)c1. The van der Waals surface area contributed by atoms with E-state index in [9.17, 15) is 22.8 Å². The zero-order valence-electron chi connectivity index (χ0n) is 24.0. The van der Waals surface area contributed by atoms with Gasteiger partial charge in [-0.2, -0.15) is 0 Å². The van der Waals surface area contributed by atoms with Crippen molar-refractivity contribution in [2.24, 2.45) is 0 Å². The van der Waals surface area contributed by atoms with Gasteiger partial charge in [-0.15, -0.1) is 0 Å². The van der Waals surface area contributed by atoms with Crippen molar-refractivity contribution < 1.29 is 27.5 Å². The van der Waals surface area contributed by atoms with Crippen molar-refractivity contribution in [3.63, 3.8) is 0 Å². The summed E-state index contributed by atoms with van der Waals surface area (Å²) in [6, 6.07) is 21.5. The van der Waals surface area contributed by atoms with Crippen LogP contribution in [0.4, 0.5) is 5.69 Å². The number of ether oxygens (including phenoxy) is 1. The minimum absolute atomic E-state index is 0.0319. The first-order chi connectivity index (χ1) is 19.4. The van der Waals surface area contributed by atoms with Crippen LogP contribution in [0.25, 0.3) is 0 Å². The molecule has 0 spiro atoms. The van der Waals surface area contributed by atoms with Crippen molar-refractivity contribution in [1.82, 2.24) is 10.2 Å². The molecule has 10 heteroatoms. The van der Waals surface area contributed by atoms with Crippen LogP contribution in [0.1, 0.15) is 42.3 Å². The summed E-state index contributed by atoms with van der Waals surface area (Å²) in [7, 11) is -2.41. The molecule has 41 heavy (non-hydrogen) atoms. The van der Waals surface area contributed by atoms with Crippen molar-refractivity contribution in [2.75, 3.05) is 24.2 Å². The first-order valence-electron chi connectivity index (χ1n) is 13.2. The first-order valence-corrected chi connectivity index (χ1v) is 15.1. The molecule has 3 aromatic rings. The van der Waals surface area contributed by atoms with Crippen LogP contribution in [-0.4, -0.2) is 62.9 Å². The molecular weight excluding hydrogens is 542 g/mol. The molecule has 0 aromatic heterocycles. The maximum absolute atomic E-state index is 14.1. The van der Waals surface area contributed by atoms with Gasteiger partial charge in [0.25, 0.3) is 0 Å². The largest absolute Gasteiger partial charge is 0.497 e. The van der Waals surface area contributed by atoms with Crippen molar-refractivity contribution >= 4 is 33.3 Å². The predicted molar refractivity (Wildman–Crippen MR) is 159 cm³/mol. The number of carbonyl (C=O) groups excluding carboxylic acids is 3. The third-order valence-corrected chi connectivity index (χ3v) is 7.55. The van der Waals surface area contributed by atoms with E-state index >= 15 is 0 Å². The summed E-state index contributed by atoms with van der Waals surface area (Å²) in [4.78, 5) is 41.1. The number of ketones is 1. The molecule has 3 rings (SSSR count). The monoisotopic (exact) mass is 579 g/mol. The summed E-state index contributed by atoms with van der Waals surface area (Å²) in [5.74, 6) is -0.588. The van der Waals surface area contributed by atoms with Gasteiger partial charge in [-0.3, -0.25) is 18.7 Å². The number of methoxy groups -OCH3 is 1. The Morgan fingerprint density at radius 1 is 0.902 bits per heavy atom. The number of anilines is 1. The Hall–Kier alpha value is -4.18. The number of hydrogen-bond acceptors (Lipinski definition) is 6. The van der Waals surface area contributed by atoms with Gasteiger partial charge in [0.2, 0.25) is 21.8 Å². The summed E-state index contributed by atoms with van der Waals surface area (Å²) in [6.07, 6.45) is 1.22. The smallest absolute Gasteiger partial charge is 0.244 e. The Morgan fingerprint density at radius 2 is 1.56 bits per heavy atom. The maximum Gasteiger partial charge on any atom is 0.244 e. The fraction of sp³-hybridized carbons (Fsp3) is 0.323. The van der Waals surface area contributed by atoms with Gasteiger partial charge >= 0.3 is 0 Å². The molecule has 0 fully saturated rings. The average Bonchev–Trinajstić information content (AvgIpc) is 2.93. The Kier molecular flexibility index (Phi) is 10.7. The molecule has 9 nitrogen and oxygen atoms in total. The fourth-order valence-electron chi connectivity index (χ4n) is 4.40. The normalized spacial score (nSPS) is 12.0. The summed E-state index contributed by atoms with van der Waals surface area (Å²) in [5, 5.41) is 2.92. The van der Waals surface area contributed by atoms with Gasteiger partial charge in [0, 0.05) is 24.6 Å². The second-order valence-corrected chi connectivity index (χ2v) is 12.0. The van der Waals surface area contributed by atoms with Crippen LogP contribution in [0.5, 0.6) is 5.75 Å². The molecule has 0 bridgehead atoms. The number of hydrogen-bond donors (Lipinski definition) is 1. The van der Waals surface area contributed by atoms with Gasteiger partial charge in [0.05, 0.1) is 19.1 Å². The molecule has 0 aliphatic rings. The molecule has 0 heterocycles. The number of Topliss-reactive ketones (excluding diaryl/α,β-unsaturated/α-hetero) is 1. The van der Waals surface area contributed by atoms with Crippen molar-refractivity contribution in [3.05, 3.63) is 95.6 Å². The maximum atomic E-state index is 14.1. The van der Waals surface area contributed by atoms with Crippen LogP contribution in [0.3, 0.4) is 0 Å². The number of amides is 2. The van der Waals surface area contributed by atoms with Crippen LogP contribution in [0, 0.1) is 0 Å². The van der Waals surface area contributed by atoms with Crippen LogP contribution in [0.2, 0.25) is 0 Å². The number of nitrogens with zero attached hydrogens (tertiary/aromatic N) is 2. The molecule has 0 unspecified atom stereocenters. The summed E-state index contributed by atoms with van der Waals surface area (Å²) in [6.45, 7) is 4.51. The molecule has 0 saturated carbocycles. The minimum Gasteiger partial charge on any atom is -0.497 e. The van der Waals surface area contributed by atoms with Gasteiger partial charge in [0.15, 0.2) is 5.78 Å². The van der Waals surface area contributed by atoms with E-state index < -0.39 is 28.5 Å². The molecule has 0 radical (unpaired) electrons. The van der Waals surface area contributed by atoms with Crippen molar-refractivity contribution in [2.45, 2.75) is 45.8 Å². The zero-order valence-corrected chi connectivity index (χ0v) is 24.9. The van der Waals surface area contributed by atoms with Gasteiger partial charge in [-0.1, -0.05) is 54.6 Å². The Morgan fingerprint density at radius 3 is 2.17 bits per heavy atom. The Bertz CT molecular complexity index is 1470. The Balaban J connectivity index is 2.09. The van der Waals surface area contributed by atoms with Crippen molar-refractivity contribution in [3.8, 4) is 5.75 Å². The summed E-state index contributed by atoms with van der Waals surface area (Å²) in [5.41, 5.74) is 2.04. The zero-order chi connectivity index (χ0) is 30.2. The molecule has 2 amide bonds. The van der Waals surface area contributed by atoms with E-state index in [1.54, 1.807) is 30.3 Å². The van der Waals surface area contributed by atoms with E-state index in [4.69, 9.17) is 4.74 Å². The van der Waals surface area contributed by atoms with E-state index in [-0.39, 0.29) is 36.4 Å². The quantitative estimate of drug-likeness (QED) is 0.308. The van der Waals surface area contributed by atoms with Crippen LogP contribution >= 0.6 is 0 Å². The molecule has 0 aliphatic heterocycles. The van der Waals surface area contributed by atoms with Gasteiger partial charge in [-0.25, -0.2) is 8.42 Å². The molecule has 218 valence electrons. The van der Waals surface area contributed by atoms with Crippen LogP contribution < -0.4 is 14.4 Å². The van der Waals surface area contributed by atoms with Crippen LogP contribution in [0.15, 0.2) is 78.9 Å². The molecule has 1 atom stereocenters. The highest BCUT2D eigenvalue weighted by Gasteiger charge is 2.33.